The number of aromatic amines is 1. The number of carboxylic acid groups (broad SMARTS) is 1. The Morgan fingerprint density at radius 1 is 1.19 bits per heavy atom. The average Bonchev–Trinajstić information content (AvgIpc) is 3.42. The summed E-state index contributed by atoms with van der Waals surface area (Å²) in [7, 11) is 1.36. The van der Waals surface area contributed by atoms with Crippen LogP contribution in [0.3, 0.4) is 0 Å². The summed E-state index contributed by atoms with van der Waals surface area (Å²) >= 11 is -2.80. The summed E-state index contributed by atoms with van der Waals surface area (Å²) in [5, 5.41) is 14.6. The van der Waals surface area contributed by atoms with Crippen LogP contribution < -0.4 is 20.4 Å². The van der Waals surface area contributed by atoms with Crippen LogP contribution in [0, 0.1) is 32.4 Å². The van der Waals surface area contributed by atoms with E-state index in [-0.39, 0.29) is 29.3 Å². The molecule has 12 nitrogen and oxygen atoms in total. The number of benzene rings is 2. The van der Waals surface area contributed by atoms with Gasteiger partial charge in [-0.3, -0.25) is 18.4 Å². The predicted octanol–water partition coefficient (Wildman–Crippen LogP) is 2.90. The van der Waals surface area contributed by atoms with Crippen LogP contribution in [0.25, 0.3) is 10.9 Å². The fourth-order valence-electron chi connectivity index (χ4n) is 4.90. The van der Waals surface area contributed by atoms with Gasteiger partial charge in [0.1, 0.15) is 11.4 Å². The molecule has 4 aromatic rings. The number of rotatable bonds is 10. The lowest BCUT2D eigenvalue weighted by Gasteiger charge is -2.30. The number of hydrogen-bond donors (Lipinski definition) is 5. The van der Waals surface area contributed by atoms with Gasteiger partial charge in [-0.2, -0.15) is 0 Å². The number of aryl methyl sites for hydroxylation is 4. The van der Waals surface area contributed by atoms with Crippen LogP contribution in [0.4, 0.5) is 20.4 Å². The first kappa shape index (κ1) is 30.3. The average molecular weight is 603 g/mol. The summed E-state index contributed by atoms with van der Waals surface area (Å²) in [5.74, 6) is -4.29. The molecule has 15 heteroatoms. The zero-order valence-corrected chi connectivity index (χ0v) is 23.8. The van der Waals surface area contributed by atoms with E-state index < -0.39 is 63.7 Å². The molecule has 0 radical (unpaired) electrons. The first-order chi connectivity index (χ1) is 19.8. The molecule has 222 valence electrons. The molecule has 0 bridgehead atoms. The van der Waals surface area contributed by atoms with Gasteiger partial charge in [-0.05, 0) is 38.0 Å². The van der Waals surface area contributed by atoms with Crippen LogP contribution in [0.1, 0.15) is 32.6 Å². The van der Waals surface area contributed by atoms with Crippen LogP contribution in [0.15, 0.2) is 41.6 Å². The topological polar surface area (TPSA) is 170 Å². The lowest BCUT2D eigenvalue weighted by atomic mass is 10.0. The maximum Gasteiger partial charge on any atom is 0.329 e. The number of aromatic nitrogens is 3. The van der Waals surface area contributed by atoms with E-state index in [1.807, 2.05) is 6.92 Å². The van der Waals surface area contributed by atoms with Gasteiger partial charge in [0.15, 0.2) is 17.8 Å². The molecule has 0 saturated heterocycles. The first-order valence-corrected chi connectivity index (χ1v) is 13.6. The Hall–Kier alpha value is -4.63. The normalized spacial score (nSPS) is 12.6. The summed E-state index contributed by atoms with van der Waals surface area (Å²) in [5.41, 5.74) is 0.0557. The predicted molar refractivity (Wildman–Crippen MR) is 153 cm³/mol. The quantitative estimate of drug-likeness (QED) is 0.173. The summed E-state index contributed by atoms with van der Waals surface area (Å²) < 4.78 is 54.6. The molecule has 2 heterocycles. The Bertz CT molecular complexity index is 1750. The molecule has 0 saturated carbocycles. The van der Waals surface area contributed by atoms with E-state index in [9.17, 15) is 32.6 Å². The van der Waals surface area contributed by atoms with Crippen molar-refractivity contribution in [2.45, 2.75) is 33.4 Å². The van der Waals surface area contributed by atoms with E-state index in [2.05, 4.69) is 20.6 Å². The number of H-pyrrole nitrogens is 1. The Kier molecular flexibility index (Phi) is 8.72. The third-order valence-electron chi connectivity index (χ3n) is 6.68. The molecule has 2 unspecified atom stereocenters. The molecule has 0 aliphatic rings. The number of imidazole rings is 1. The molecule has 2 aromatic heterocycles. The molecule has 42 heavy (non-hydrogen) atoms. The van der Waals surface area contributed by atoms with Crippen molar-refractivity contribution in [3.8, 4) is 0 Å². The van der Waals surface area contributed by atoms with Crippen LogP contribution in [0.2, 0.25) is 0 Å². The molecule has 2 aromatic carbocycles. The molecular formula is C27H28F2N6O6S. The van der Waals surface area contributed by atoms with Crippen molar-refractivity contribution in [2.24, 2.45) is 7.05 Å². The third kappa shape index (κ3) is 5.87. The largest absolute Gasteiger partial charge is 0.480 e. The number of anilines is 2. The zero-order chi connectivity index (χ0) is 30.9. The number of carbonyl (C=O) groups excluding carboxylic acids is 1. The minimum absolute atomic E-state index is 0.202. The van der Waals surface area contributed by atoms with Crippen molar-refractivity contribution in [2.75, 3.05) is 16.2 Å². The van der Waals surface area contributed by atoms with Gasteiger partial charge >= 0.3 is 5.97 Å². The third-order valence-corrected chi connectivity index (χ3v) is 7.45. The molecular weight excluding hydrogens is 574 g/mol. The van der Waals surface area contributed by atoms with Crippen molar-refractivity contribution >= 4 is 45.7 Å². The van der Waals surface area contributed by atoms with Crippen LogP contribution in [0.5, 0.6) is 0 Å². The number of pyridine rings is 1. The number of carboxylic acids is 1. The molecule has 1 amide bonds. The first-order valence-electron chi connectivity index (χ1n) is 12.5. The molecule has 0 aliphatic carbocycles. The second-order valence-corrected chi connectivity index (χ2v) is 10.5. The SMILES string of the molecule is Cc1cc(C)c(N(C(CNC(=O)c2cn(C)c3c(F)c(CNc4ncc[nH]4)c(F)cc3c2=O)C(=O)O)S(=O)O)c(C)c1. The van der Waals surface area contributed by atoms with Gasteiger partial charge in [-0.1, -0.05) is 17.7 Å². The van der Waals surface area contributed by atoms with E-state index in [0.29, 0.717) is 11.1 Å². The van der Waals surface area contributed by atoms with Gasteiger partial charge in [0.05, 0.1) is 23.1 Å². The van der Waals surface area contributed by atoms with Crippen LogP contribution in [-0.2, 0) is 29.7 Å². The summed E-state index contributed by atoms with van der Waals surface area (Å²) in [4.78, 5) is 45.1. The van der Waals surface area contributed by atoms with E-state index in [1.165, 1.54) is 19.4 Å². The lowest BCUT2D eigenvalue weighted by Crippen LogP contribution is -2.50. The Labute approximate surface area is 240 Å². The monoisotopic (exact) mass is 602 g/mol. The number of halogens is 2. The van der Waals surface area contributed by atoms with Gasteiger partial charge in [0, 0.05) is 37.7 Å². The number of nitrogens with zero attached hydrogens (tertiary/aromatic N) is 3. The van der Waals surface area contributed by atoms with E-state index in [0.717, 1.165) is 26.7 Å². The van der Waals surface area contributed by atoms with Gasteiger partial charge in [-0.25, -0.2) is 22.8 Å². The Morgan fingerprint density at radius 2 is 1.86 bits per heavy atom. The van der Waals surface area contributed by atoms with E-state index in [4.69, 9.17) is 0 Å². The van der Waals surface area contributed by atoms with Crippen LogP contribution >= 0.6 is 0 Å². The molecule has 5 N–H and O–H groups in total. The molecule has 4 rings (SSSR count). The van der Waals surface area contributed by atoms with E-state index in [1.54, 1.807) is 26.0 Å². The fourth-order valence-corrected chi connectivity index (χ4v) is 5.73. The van der Waals surface area contributed by atoms with Crippen molar-refractivity contribution in [3.63, 3.8) is 0 Å². The highest BCUT2D eigenvalue weighted by molar-refractivity contribution is 7.80. The minimum atomic E-state index is -2.80. The van der Waals surface area contributed by atoms with Gasteiger partial charge in [-0.15, -0.1) is 0 Å². The van der Waals surface area contributed by atoms with Gasteiger partial charge in [0.2, 0.25) is 5.43 Å². The molecule has 2 atom stereocenters. The van der Waals surface area contributed by atoms with E-state index >= 15 is 4.39 Å². The Balaban J connectivity index is 1.65. The van der Waals surface area contributed by atoms with Crippen molar-refractivity contribution in [1.82, 2.24) is 19.9 Å². The second kappa shape index (κ2) is 12.1. The number of hydrogen-bond acceptors (Lipinski definition) is 6. The fraction of sp³-hybridized carbons (Fsp3) is 0.259. The maximum absolute atomic E-state index is 15.4. The number of amides is 1. The minimum Gasteiger partial charge on any atom is -0.480 e. The summed E-state index contributed by atoms with van der Waals surface area (Å²) in [6.45, 7) is 4.18. The maximum atomic E-state index is 15.4. The molecule has 0 spiro atoms. The number of aliphatic carboxylic acids is 1. The number of nitrogens with one attached hydrogen (secondary N) is 3. The number of fused-ring (bicyclic) bond motifs is 1. The van der Waals surface area contributed by atoms with Gasteiger partial charge in [0.25, 0.3) is 17.2 Å². The lowest BCUT2D eigenvalue weighted by molar-refractivity contribution is -0.138. The molecule has 0 fully saturated rings. The zero-order valence-electron chi connectivity index (χ0n) is 23.0. The summed E-state index contributed by atoms with van der Waals surface area (Å²) in [6.07, 6.45) is 4.03. The highest BCUT2D eigenvalue weighted by Gasteiger charge is 2.33. The molecule has 0 aliphatic heterocycles. The second-order valence-electron chi connectivity index (χ2n) is 9.69. The van der Waals surface area contributed by atoms with Gasteiger partial charge < -0.3 is 25.3 Å². The van der Waals surface area contributed by atoms with Crippen molar-refractivity contribution < 1.29 is 32.2 Å². The van der Waals surface area contributed by atoms with Crippen LogP contribution in [-0.4, -0.2) is 52.9 Å². The summed E-state index contributed by atoms with van der Waals surface area (Å²) in [6, 6.07) is 2.56. The van der Waals surface area contributed by atoms with Crippen molar-refractivity contribution in [1.29, 1.82) is 0 Å². The highest BCUT2D eigenvalue weighted by Crippen LogP contribution is 2.29. The smallest absolute Gasteiger partial charge is 0.329 e. The Morgan fingerprint density at radius 3 is 2.43 bits per heavy atom. The highest BCUT2D eigenvalue weighted by atomic mass is 32.2. The standard InChI is InChI=1S/C27H28F2N6O6S/c1-13-7-14(2)22(15(3)8-13)35(42(40)41)20(26(38)39)11-32-25(37)18-12-34(4)23-16(24(18)36)9-19(28)17(21(23)29)10-33-27-30-5-6-31-27/h5-9,12,20H,10-11H2,1-4H3,(H,32,37)(H,38,39)(H,40,41)(H2,30,31,33). The van der Waals surface area contributed by atoms with Crippen molar-refractivity contribution in [3.05, 3.63) is 86.5 Å². The number of carbonyl (C=O) groups is 2.